The van der Waals surface area contributed by atoms with Gasteiger partial charge in [0.25, 0.3) is 0 Å². The zero-order chi connectivity index (χ0) is 24.6. The Morgan fingerprint density at radius 2 is 1.36 bits per heavy atom. The molecule has 0 aromatic carbocycles. The van der Waals surface area contributed by atoms with Gasteiger partial charge in [-0.1, -0.05) is 13.8 Å². The van der Waals surface area contributed by atoms with E-state index in [2.05, 4.69) is 0 Å². The van der Waals surface area contributed by atoms with Crippen molar-refractivity contribution < 1.29 is 49.6 Å². The van der Waals surface area contributed by atoms with Gasteiger partial charge >= 0.3 is 0 Å². The fraction of sp³-hybridized carbons (Fsp3) is 1.00. The lowest BCUT2D eigenvalue weighted by atomic mass is 9.80. The molecule has 0 aromatic heterocycles. The van der Waals surface area contributed by atoms with Gasteiger partial charge in [-0.25, -0.2) is 0 Å². The average molecular weight is 482 g/mol. The molecule has 0 radical (unpaired) electrons. The number of rotatable bonds is 6. The maximum Gasteiger partial charge on any atom is 0.186 e. The Morgan fingerprint density at radius 3 is 1.97 bits per heavy atom. The van der Waals surface area contributed by atoms with E-state index < -0.39 is 92.2 Å². The molecule has 2 heterocycles. The van der Waals surface area contributed by atoms with Crippen LogP contribution in [0.4, 0.5) is 0 Å². The summed E-state index contributed by atoms with van der Waals surface area (Å²) >= 11 is 0. The third-order valence-electron chi connectivity index (χ3n) is 6.97. The normalized spacial score (nSPS) is 53.7. The molecule has 3 fully saturated rings. The largest absolute Gasteiger partial charge is 0.394 e. The number of ether oxygens (including phenoxy) is 4. The van der Waals surface area contributed by atoms with Gasteiger partial charge in [0.1, 0.15) is 42.7 Å². The maximum atomic E-state index is 11.1. The first-order valence-electron chi connectivity index (χ1n) is 11.4. The van der Waals surface area contributed by atoms with E-state index >= 15 is 0 Å². The van der Waals surface area contributed by atoms with Crippen molar-refractivity contribution in [1.29, 1.82) is 0 Å². The van der Waals surface area contributed by atoms with Crippen molar-refractivity contribution in [2.24, 2.45) is 23.1 Å². The van der Waals surface area contributed by atoms with Gasteiger partial charge in [-0.15, -0.1) is 0 Å². The van der Waals surface area contributed by atoms with Gasteiger partial charge in [-0.3, -0.25) is 0 Å². The van der Waals surface area contributed by atoms with Crippen molar-refractivity contribution in [3.05, 3.63) is 0 Å². The van der Waals surface area contributed by atoms with E-state index in [9.17, 15) is 30.6 Å². The van der Waals surface area contributed by atoms with Gasteiger partial charge in [0.05, 0.1) is 30.9 Å². The molecule has 3 aliphatic rings. The number of nitrogens with two attached hydrogens (primary N) is 3. The smallest absolute Gasteiger partial charge is 0.186 e. The molecule has 2 saturated heterocycles. The lowest BCUT2D eigenvalue weighted by Crippen LogP contribution is -2.67. The Balaban J connectivity index is 1.72. The molecule has 3 rings (SSSR count). The van der Waals surface area contributed by atoms with E-state index in [4.69, 9.17) is 36.1 Å². The van der Waals surface area contributed by atoms with E-state index in [1.165, 1.54) is 0 Å². The molecule has 15 unspecified atom stereocenters. The van der Waals surface area contributed by atoms with Crippen LogP contribution in [0, 0.1) is 5.92 Å². The van der Waals surface area contributed by atoms with E-state index in [0.29, 0.717) is 12.8 Å². The summed E-state index contributed by atoms with van der Waals surface area (Å²) in [5, 5.41) is 61.3. The minimum absolute atomic E-state index is 0.249. The van der Waals surface area contributed by atoms with Crippen molar-refractivity contribution in [3.8, 4) is 0 Å². The molecule has 33 heavy (non-hydrogen) atoms. The van der Waals surface area contributed by atoms with Crippen molar-refractivity contribution >= 4 is 0 Å². The Morgan fingerprint density at radius 1 is 0.758 bits per heavy atom. The quantitative estimate of drug-likeness (QED) is 0.174. The van der Waals surface area contributed by atoms with E-state index in [1.54, 1.807) is 6.92 Å². The molecule has 13 heteroatoms. The lowest BCUT2D eigenvalue weighted by Gasteiger charge is -2.48. The average Bonchev–Trinajstić information content (AvgIpc) is 2.79. The zero-order valence-electron chi connectivity index (χ0n) is 18.8. The third-order valence-corrected chi connectivity index (χ3v) is 6.97. The zero-order valence-corrected chi connectivity index (χ0v) is 18.8. The van der Waals surface area contributed by atoms with Gasteiger partial charge in [0.2, 0.25) is 0 Å². The summed E-state index contributed by atoms with van der Waals surface area (Å²) < 4.78 is 23.0. The van der Waals surface area contributed by atoms with Crippen molar-refractivity contribution in [2.45, 2.75) is 112 Å². The van der Waals surface area contributed by atoms with E-state index in [-0.39, 0.29) is 5.92 Å². The fourth-order valence-electron chi connectivity index (χ4n) is 4.82. The van der Waals surface area contributed by atoms with Gasteiger partial charge in [0.15, 0.2) is 12.6 Å². The minimum Gasteiger partial charge on any atom is -0.394 e. The molecule has 0 aromatic rings. The van der Waals surface area contributed by atoms with Crippen molar-refractivity contribution in [2.75, 3.05) is 6.61 Å². The molecular formula is C20H39N3O10. The second-order valence-corrected chi connectivity index (χ2v) is 9.36. The third kappa shape index (κ3) is 5.35. The van der Waals surface area contributed by atoms with Crippen molar-refractivity contribution in [3.63, 3.8) is 0 Å². The summed E-state index contributed by atoms with van der Waals surface area (Å²) in [6.45, 7) is 3.06. The SMILES string of the molecule is CCC1OC(OC2C(C)CC(N)C(OC3OC(CO)C(O)C(N)C3O)C2O)C(N)C(O)C1O. The highest BCUT2D eigenvalue weighted by Gasteiger charge is 2.50. The maximum absolute atomic E-state index is 11.1. The topological polar surface area (TPSA) is 236 Å². The van der Waals surface area contributed by atoms with Gasteiger partial charge in [-0.2, -0.15) is 0 Å². The highest BCUT2D eigenvalue weighted by molar-refractivity contribution is 4.99. The molecule has 194 valence electrons. The lowest BCUT2D eigenvalue weighted by molar-refractivity contribution is -0.322. The monoisotopic (exact) mass is 481 g/mol. The molecule has 15 atom stereocenters. The second-order valence-electron chi connectivity index (χ2n) is 9.36. The van der Waals surface area contributed by atoms with Crippen LogP contribution in [0.1, 0.15) is 26.7 Å². The summed E-state index contributed by atoms with van der Waals surface area (Å²) in [6, 6.07) is -2.85. The predicted molar refractivity (Wildman–Crippen MR) is 112 cm³/mol. The van der Waals surface area contributed by atoms with Gasteiger partial charge in [-0.05, 0) is 18.8 Å². The summed E-state index contributed by atoms with van der Waals surface area (Å²) in [6.07, 6.45) is -11.8. The highest BCUT2D eigenvalue weighted by atomic mass is 16.7. The minimum atomic E-state index is -1.43. The van der Waals surface area contributed by atoms with Crippen LogP contribution < -0.4 is 17.2 Å². The number of hydrogen-bond donors (Lipinski definition) is 9. The number of aliphatic hydroxyl groups excluding tert-OH is 6. The summed E-state index contributed by atoms with van der Waals surface area (Å²) in [7, 11) is 0. The Kier molecular flexibility index (Phi) is 9.05. The van der Waals surface area contributed by atoms with Gasteiger partial charge < -0.3 is 66.8 Å². The first kappa shape index (κ1) is 27.1. The summed E-state index contributed by atoms with van der Waals surface area (Å²) in [4.78, 5) is 0. The Bertz CT molecular complexity index is 581. The Labute approximate surface area is 192 Å². The Hall–Kier alpha value is -0.520. The van der Waals surface area contributed by atoms with Crippen LogP contribution in [0.25, 0.3) is 0 Å². The van der Waals surface area contributed by atoms with Crippen LogP contribution in [0.5, 0.6) is 0 Å². The first-order chi connectivity index (χ1) is 15.5. The molecule has 13 nitrogen and oxygen atoms in total. The molecule has 0 amide bonds. The van der Waals surface area contributed by atoms with Crippen LogP contribution in [-0.2, 0) is 18.9 Å². The first-order valence-corrected chi connectivity index (χ1v) is 11.4. The molecular weight excluding hydrogens is 442 g/mol. The molecule has 1 saturated carbocycles. The summed E-state index contributed by atoms with van der Waals surface area (Å²) in [5.74, 6) is -0.249. The van der Waals surface area contributed by atoms with Crippen LogP contribution >= 0.6 is 0 Å². The van der Waals surface area contributed by atoms with Gasteiger partial charge in [0, 0.05) is 6.04 Å². The van der Waals surface area contributed by atoms with Crippen LogP contribution in [-0.4, -0.2) is 123 Å². The molecule has 2 aliphatic heterocycles. The molecule has 12 N–H and O–H groups in total. The highest BCUT2D eigenvalue weighted by Crippen LogP contribution is 2.34. The van der Waals surface area contributed by atoms with Crippen LogP contribution in [0.2, 0.25) is 0 Å². The van der Waals surface area contributed by atoms with Crippen LogP contribution in [0.3, 0.4) is 0 Å². The predicted octanol–water partition coefficient (Wildman–Crippen LogP) is -4.56. The van der Waals surface area contributed by atoms with E-state index in [0.717, 1.165) is 0 Å². The van der Waals surface area contributed by atoms with Crippen molar-refractivity contribution in [1.82, 2.24) is 0 Å². The van der Waals surface area contributed by atoms with E-state index in [1.807, 2.05) is 6.92 Å². The summed E-state index contributed by atoms with van der Waals surface area (Å²) in [5.41, 5.74) is 18.1. The standard InChI is InChI=1S/C20H39N3O10/c1-3-8-13(26)14(27)11(23)19(30-8)32-17-6(2)4-7(21)18(16(17)29)33-20-15(28)10(22)12(25)9(5-24)31-20/h6-20,24-29H,3-5,21-23H2,1-2H3. The molecule has 1 aliphatic carbocycles. The fourth-order valence-corrected chi connectivity index (χ4v) is 4.82. The molecule has 0 bridgehead atoms. The second kappa shape index (κ2) is 11.0. The number of aliphatic hydroxyl groups is 6. The van der Waals surface area contributed by atoms with Crippen LogP contribution in [0.15, 0.2) is 0 Å². The number of hydrogen-bond acceptors (Lipinski definition) is 13. The molecule has 0 spiro atoms.